The molecule has 0 aliphatic rings. The van der Waals surface area contributed by atoms with E-state index < -0.39 is 0 Å². The fourth-order valence-electron chi connectivity index (χ4n) is 0.980. The van der Waals surface area contributed by atoms with E-state index in [2.05, 4.69) is 38.8 Å². The minimum Gasteiger partial charge on any atom is -0.206 e. The van der Waals surface area contributed by atoms with Crippen molar-refractivity contribution in [1.82, 2.24) is 0 Å². The highest BCUT2D eigenvalue weighted by molar-refractivity contribution is 9.10. The molecule has 0 saturated heterocycles. The molecule has 0 amide bonds. The topological polar surface area (TPSA) is 0 Å². The van der Waals surface area contributed by atoms with Gasteiger partial charge in [0.25, 0.3) is 0 Å². The van der Waals surface area contributed by atoms with Gasteiger partial charge in [0.2, 0.25) is 0 Å². The predicted molar refractivity (Wildman–Crippen MR) is 66.1 cm³/mol. The van der Waals surface area contributed by atoms with Crippen LogP contribution in [-0.2, 0) is 0 Å². The summed E-state index contributed by atoms with van der Waals surface area (Å²) in [7, 11) is 0. The maximum absolute atomic E-state index is 12.9. The molecule has 0 nitrogen and oxygen atoms in total. The van der Waals surface area contributed by atoms with Gasteiger partial charge < -0.3 is 0 Å². The smallest absolute Gasteiger partial charge is 0.137 e. The second-order valence-electron chi connectivity index (χ2n) is 3.18. The maximum atomic E-state index is 12.9. The van der Waals surface area contributed by atoms with Crippen molar-refractivity contribution >= 4 is 37.9 Å². The molecule has 76 valence electrons. The summed E-state index contributed by atoms with van der Waals surface area (Å²) in [5.41, 5.74) is 2.21. The van der Waals surface area contributed by atoms with Gasteiger partial charge in [-0.05, 0) is 47.5 Å². The van der Waals surface area contributed by atoms with Gasteiger partial charge in [-0.2, -0.15) is 0 Å². The lowest BCUT2D eigenvalue weighted by atomic mass is 10.1. The van der Waals surface area contributed by atoms with Gasteiger partial charge in [0.05, 0.1) is 4.47 Å². The molecule has 1 aromatic carbocycles. The van der Waals surface area contributed by atoms with E-state index in [1.165, 1.54) is 11.6 Å². The normalized spacial score (nSPS) is 14.2. The average Bonchev–Trinajstić information content (AvgIpc) is 2.11. The minimum absolute atomic E-state index is 0.230. The molecule has 0 radical (unpaired) electrons. The first-order valence-corrected chi connectivity index (χ1v) is 5.99. The van der Waals surface area contributed by atoms with Crippen LogP contribution in [0.15, 0.2) is 28.2 Å². The maximum Gasteiger partial charge on any atom is 0.137 e. The van der Waals surface area contributed by atoms with Crippen LogP contribution in [0.2, 0.25) is 0 Å². The van der Waals surface area contributed by atoms with E-state index in [9.17, 15) is 4.39 Å². The fourth-order valence-corrected chi connectivity index (χ4v) is 1.51. The van der Waals surface area contributed by atoms with Crippen LogP contribution in [0.25, 0.3) is 6.08 Å². The second kappa shape index (κ2) is 5.08. The summed E-state index contributed by atoms with van der Waals surface area (Å²) in [6.07, 6.45) is 2.03. The first kappa shape index (κ1) is 11.9. The van der Waals surface area contributed by atoms with Gasteiger partial charge in [0.15, 0.2) is 0 Å². The molecule has 0 N–H and O–H groups in total. The molecule has 1 rings (SSSR count). The standard InChI is InChI=1S/C11H11Br2F/c1-7(8(2)12)5-9-3-4-11(14)10(13)6-9/h3-6,8H,1-2H3/b7-5+. The van der Waals surface area contributed by atoms with Gasteiger partial charge in [-0.15, -0.1) is 0 Å². The van der Waals surface area contributed by atoms with E-state index in [0.717, 1.165) is 5.56 Å². The van der Waals surface area contributed by atoms with Crippen LogP contribution in [0.4, 0.5) is 4.39 Å². The van der Waals surface area contributed by atoms with Crippen LogP contribution in [0, 0.1) is 5.82 Å². The van der Waals surface area contributed by atoms with Crippen molar-refractivity contribution < 1.29 is 4.39 Å². The van der Waals surface area contributed by atoms with Crippen molar-refractivity contribution in [3.05, 3.63) is 39.6 Å². The Bertz CT molecular complexity index is 356. The molecule has 0 aliphatic carbocycles. The van der Waals surface area contributed by atoms with Crippen LogP contribution in [0.3, 0.4) is 0 Å². The van der Waals surface area contributed by atoms with E-state index in [4.69, 9.17) is 0 Å². The third-order valence-electron chi connectivity index (χ3n) is 1.97. The highest BCUT2D eigenvalue weighted by Gasteiger charge is 2.01. The molecule has 0 bridgehead atoms. The Balaban J connectivity index is 2.98. The van der Waals surface area contributed by atoms with Crippen LogP contribution in [0.5, 0.6) is 0 Å². The fraction of sp³-hybridized carbons (Fsp3) is 0.273. The molecule has 0 aromatic heterocycles. The van der Waals surface area contributed by atoms with E-state index >= 15 is 0 Å². The zero-order chi connectivity index (χ0) is 10.7. The zero-order valence-corrected chi connectivity index (χ0v) is 11.2. The third kappa shape index (κ3) is 3.21. The van der Waals surface area contributed by atoms with Gasteiger partial charge in [-0.25, -0.2) is 4.39 Å². The summed E-state index contributed by atoms with van der Waals surface area (Å²) < 4.78 is 13.4. The summed E-state index contributed by atoms with van der Waals surface area (Å²) in [5.74, 6) is -0.230. The van der Waals surface area contributed by atoms with Crippen LogP contribution in [0.1, 0.15) is 19.4 Å². The Kier molecular flexibility index (Phi) is 4.32. The number of hydrogen-bond donors (Lipinski definition) is 0. The molecule has 0 aliphatic heterocycles. The van der Waals surface area contributed by atoms with Gasteiger partial charge in [-0.3, -0.25) is 0 Å². The number of rotatable bonds is 2. The second-order valence-corrected chi connectivity index (χ2v) is 5.41. The number of benzene rings is 1. The molecular weight excluding hydrogens is 311 g/mol. The largest absolute Gasteiger partial charge is 0.206 e. The van der Waals surface area contributed by atoms with E-state index in [1.54, 1.807) is 12.1 Å². The van der Waals surface area contributed by atoms with E-state index in [0.29, 0.717) is 9.30 Å². The summed E-state index contributed by atoms with van der Waals surface area (Å²) in [4.78, 5) is 0.339. The highest BCUT2D eigenvalue weighted by atomic mass is 79.9. The first-order chi connectivity index (χ1) is 6.50. The lowest BCUT2D eigenvalue weighted by Crippen LogP contribution is -1.91. The van der Waals surface area contributed by atoms with Gasteiger partial charge >= 0.3 is 0 Å². The van der Waals surface area contributed by atoms with Gasteiger partial charge in [0.1, 0.15) is 5.82 Å². The Morgan fingerprint density at radius 1 is 1.50 bits per heavy atom. The first-order valence-electron chi connectivity index (χ1n) is 4.28. The number of halogens is 3. The molecule has 1 unspecified atom stereocenters. The molecule has 14 heavy (non-hydrogen) atoms. The lowest BCUT2D eigenvalue weighted by molar-refractivity contribution is 0.621. The molecule has 1 aromatic rings. The summed E-state index contributed by atoms with van der Waals surface area (Å²) in [6, 6.07) is 5.00. The van der Waals surface area contributed by atoms with E-state index in [1.807, 2.05) is 13.0 Å². The van der Waals surface area contributed by atoms with Crippen molar-refractivity contribution in [2.24, 2.45) is 0 Å². The zero-order valence-electron chi connectivity index (χ0n) is 8.02. The molecule has 0 spiro atoms. The number of allylic oxidation sites excluding steroid dienone is 1. The van der Waals surface area contributed by atoms with Crippen LogP contribution >= 0.6 is 31.9 Å². The lowest BCUT2D eigenvalue weighted by Gasteiger charge is -2.03. The van der Waals surface area contributed by atoms with Crippen molar-refractivity contribution in [3.63, 3.8) is 0 Å². The highest BCUT2D eigenvalue weighted by Crippen LogP contribution is 2.20. The van der Waals surface area contributed by atoms with Crippen LogP contribution in [-0.4, -0.2) is 4.83 Å². The van der Waals surface area contributed by atoms with Crippen LogP contribution < -0.4 is 0 Å². The summed E-state index contributed by atoms with van der Waals surface area (Å²) >= 11 is 6.63. The van der Waals surface area contributed by atoms with Crippen molar-refractivity contribution in [2.45, 2.75) is 18.7 Å². The Morgan fingerprint density at radius 2 is 2.14 bits per heavy atom. The number of alkyl halides is 1. The minimum atomic E-state index is -0.230. The van der Waals surface area contributed by atoms with E-state index in [-0.39, 0.29) is 5.82 Å². The number of hydrogen-bond acceptors (Lipinski definition) is 0. The van der Waals surface area contributed by atoms with Crippen molar-refractivity contribution in [3.8, 4) is 0 Å². The van der Waals surface area contributed by atoms with Crippen molar-refractivity contribution in [2.75, 3.05) is 0 Å². The Morgan fingerprint density at radius 3 is 2.64 bits per heavy atom. The SMILES string of the molecule is C/C(=C\c1ccc(F)c(Br)c1)C(C)Br. The monoisotopic (exact) mass is 320 g/mol. The average molecular weight is 322 g/mol. The molecule has 3 heteroatoms. The molecule has 0 heterocycles. The molecule has 1 atom stereocenters. The third-order valence-corrected chi connectivity index (χ3v) is 3.30. The van der Waals surface area contributed by atoms with Crippen molar-refractivity contribution in [1.29, 1.82) is 0 Å². The van der Waals surface area contributed by atoms with Gasteiger partial charge in [-0.1, -0.05) is 33.6 Å². The molecule has 0 saturated carbocycles. The summed E-state index contributed by atoms with van der Waals surface area (Å²) in [5, 5.41) is 0. The van der Waals surface area contributed by atoms with Gasteiger partial charge in [0, 0.05) is 4.83 Å². The summed E-state index contributed by atoms with van der Waals surface area (Å²) in [6.45, 7) is 4.10. The molecular formula is C11H11Br2F. The predicted octanol–water partition coefficient (Wildman–Crippen LogP) is 4.77. The quantitative estimate of drug-likeness (QED) is 0.688. The Hall–Kier alpha value is -0.150. The Labute approximate surface area is 100 Å². The molecule has 0 fully saturated rings.